The van der Waals surface area contributed by atoms with Crippen molar-refractivity contribution in [2.75, 3.05) is 7.11 Å². The third-order valence-corrected chi connectivity index (χ3v) is 0.955. The largest absolute Gasteiger partial charge is 0.352 e. The lowest BCUT2D eigenvalue weighted by molar-refractivity contribution is -0.132. The van der Waals surface area contributed by atoms with Crippen LogP contribution in [0.5, 0.6) is 0 Å². The predicted molar refractivity (Wildman–Crippen MR) is 37.3 cm³/mol. The molecule has 0 spiro atoms. The maximum atomic E-state index is 10.8. The Morgan fingerprint density at radius 2 is 2.09 bits per heavy atom. The molecule has 0 aliphatic rings. The molecular weight excluding hydrogens is 150 g/mol. The molecule has 1 atom stereocenters. The van der Waals surface area contributed by atoms with E-state index >= 15 is 0 Å². The number of amides is 3. The smallest absolute Gasteiger partial charge is 0.312 e. The monoisotopic (exact) mass is 161 g/mol. The summed E-state index contributed by atoms with van der Waals surface area (Å²) in [6, 6.07) is -1.43. The molecule has 0 aromatic heterocycles. The van der Waals surface area contributed by atoms with Gasteiger partial charge in [-0.1, -0.05) is 0 Å². The van der Waals surface area contributed by atoms with E-state index < -0.39 is 18.0 Å². The topological polar surface area (TPSA) is 93.4 Å². The van der Waals surface area contributed by atoms with Crippen LogP contribution in [-0.4, -0.2) is 25.1 Å². The van der Waals surface area contributed by atoms with Crippen LogP contribution in [0.3, 0.4) is 0 Å². The van der Waals surface area contributed by atoms with Crippen molar-refractivity contribution in [3.8, 4) is 0 Å². The molecule has 11 heavy (non-hydrogen) atoms. The van der Waals surface area contributed by atoms with Gasteiger partial charge in [0, 0.05) is 0 Å². The van der Waals surface area contributed by atoms with Crippen molar-refractivity contribution >= 4 is 11.9 Å². The van der Waals surface area contributed by atoms with E-state index in [4.69, 9.17) is 5.73 Å². The summed E-state index contributed by atoms with van der Waals surface area (Å²) in [5.74, 6) is -0.452. The van der Waals surface area contributed by atoms with Crippen LogP contribution in [0, 0.1) is 0 Å². The number of nitrogens with two attached hydrogens (primary N) is 1. The van der Waals surface area contributed by atoms with Crippen molar-refractivity contribution in [2.24, 2.45) is 5.73 Å². The first-order chi connectivity index (χ1) is 5.07. The normalized spacial score (nSPS) is 11.8. The van der Waals surface area contributed by atoms with Gasteiger partial charge in [0.1, 0.15) is 6.04 Å². The molecular formula is C5H11N3O3. The molecule has 0 radical (unpaired) electrons. The highest BCUT2D eigenvalue weighted by atomic mass is 16.6. The van der Waals surface area contributed by atoms with Crippen molar-refractivity contribution in [1.82, 2.24) is 10.8 Å². The molecule has 6 nitrogen and oxygen atoms in total. The summed E-state index contributed by atoms with van der Waals surface area (Å²) < 4.78 is 0. The van der Waals surface area contributed by atoms with Crippen LogP contribution in [-0.2, 0) is 9.63 Å². The van der Waals surface area contributed by atoms with Crippen LogP contribution in [0.25, 0.3) is 0 Å². The number of urea groups is 1. The molecule has 0 saturated heterocycles. The lowest BCUT2D eigenvalue weighted by atomic mass is 10.3. The van der Waals surface area contributed by atoms with E-state index in [1.54, 1.807) is 0 Å². The Morgan fingerprint density at radius 1 is 1.55 bits per heavy atom. The fourth-order valence-electron chi connectivity index (χ4n) is 0.468. The Bertz CT molecular complexity index is 159. The summed E-state index contributed by atoms with van der Waals surface area (Å²) in [6.07, 6.45) is 0. The van der Waals surface area contributed by atoms with E-state index in [2.05, 4.69) is 10.2 Å². The van der Waals surface area contributed by atoms with Gasteiger partial charge in [0.15, 0.2) is 0 Å². The zero-order chi connectivity index (χ0) is 8.85. The molecule has 0 fully saturated rings. The SMILES string of the molecule is CONC(=O)[C@H](C)NC(N)=O. The van der Waals surface area contributed by atoms with E-state index in [0.29, 0.717) is 0 Å². The number of hydrogen-bond acceptors (Lipinski definition) is 3. The summed E-state index contributed by atoms with van der Waals surface area (Å²) in [5.41, 5.74) is 6.80. The summed E-state index contributed by atoms with van der Waals surface area (Å²) in [4.78, 5) is 25.3. The average Bonchev–Trinajstić information content (AvgIpc) is 1.86. The van der Waals surface area contributed by atoms with Crippen molar-refractivity contribution in [3.63, 3.8) is 0 Å². The Morgan fingerprint density at radius 3 is 2.45 bits per heavy atom. The summed E-state index contributed by atoms with van der Waals surface area (Å²) >= 11 is 0. The number of rotatable bonds is 3. The van der Waals surface area contributed by atoms with Gasteiger partial charge >= 0.3 is 6.03 Å². The highest BCUT2D eigenvalue weighted by Gasteiger charge is 2.12. The Balaban J connectivity index is 3.73. The van der Waals surface area contributed by atoms with Crippen molar-refractivity contribution in [2.45, 2.75) is 13.0 Å². The Hall–Kier alpha value is -1.30. The first kappa shape index (κ1) is 9.70. The lowest BCUT2D eigenvalue weighted by Crippen LogP contribution is -2.46. The van der Waals surface area contributed by atoms with Gasteiger partial charge in [0.25, 0.3) is 5.91 Å². The zero-order valence-electron chi connectivity index (χ0n) is 6.38. The minimum absolute atomic E-state index is 0.452. The summed E-state index contributed by atoms with van der Waals surface area (Å²) in [6.45, 7) is 1.49. The van der Waals surface area contributed by atoms with Crippen molar-refractivity contribution < 1.29 is 14.4 Å². The molecule has 64 valence electrons. The lowest BCUT2D eigenvalue weighted by Gasteiger charge is -2.09. The molecule has 0 saturated carbocycles. The minimum atomic E-state index is -0.747. The molecule has 0 rings (SSSR count). The Labute approximate surface area is 64.0 Å². The molecule has 0 unspecified atom stereocenters. The van der Waals surface area contributed by atoms with Crippen LogP contribution < -0.4 is 16.5 Å². The molecule has 6 heteroatoms. The highest BCUT2D eigenvalue weighted by molar-refractivity contribution is 5.85. The van der Waals surface area contributed by atoms with Gasteiger partial charge in [-0.25, -0.2) is 10.3 Å². The number of hydroxylamine groups is 1. The van der Waals surface area contributed by atoms with Crippen molar-refractivity contribution in [3.05, 3.63) is 0 Å². The third-order valence-electron chi connectivity index (χ3n) is 0.955. The van der Waals surface area contributed by atoms with Gasteiger partial charge in [-0.05, 0) is 6.92 Å². The fraction of sp³-hybridized carbons (Fsp3) is 0.600. The van der Waals surface area contributed by atoms with E-state index in [1.807, 2.05) is 5.48 Å². The van der Waals surface area contributed by atoms with Gasteiger partial charge in [0.05, 0.1) is 7.11 Å². The number of primary amides is 1. The molecule has 3 amide bonds. The minimum Gasteiger partial charge on any atom is -0.352 e. The van der Waals surface area contributed by atoms with Gasteiger partial charge in [-0.3, -0.25) is 9.63 Å². The molecule has 0 heterocycles. The van der Waals surface area contributed by atoms with Gasteiger partial charge < -0.3 is 11.1 Å². The predicted octanol–water partition coefficient (Wildman–Crippen LogP) is -1.28. The number of carbonyl (C=O) groups excluding carboxylic acids is 2. The number of nitrogens with one attached hydrogen (secondary N) is 2. The van der Waals surface area contributed by atoms with Gasteiger partial charge in [0.2, 0.25) is 0 Å². The van der Waals surface area contributed by atoms with E-state index in [1.165, 1.54) is 14.0 Å². The quantitative estimate of drug-likeness (QED) is 0.450. The maximum Gasteiger partial charge on any atom is 0.312 e. The molecule has 0 aromatic rings. The van der Waals surface area contributed by atoms with E-state index in [0.717, 1.165) is 0 Å². The zero-order valence-corrected chi connectivity index (χ0v) is 6.38. The van der Waals surface area contributed by atoms with Crippen LogP contribution in [0.2, 0.25) is 0 Å². The first-order valence-corrected chi connectivity index (χ1v) is 2.96. The molecule has 0 aromatic carbocycles. The summed E-state index contributed by atoms with van der Waals surface area (Å²) in [5, 5.41) is 2.17. The fourth-order valence-corrected chi connectivity index (χ4v) is 0.468. The van der Waals surface area contributed by atoms with Crippen molar-refractivity contribution in [1.29, 1.82) is 0 Å². The molecule has 0 aliphatic heterocycles. The number of hydrogen-bond donors (Lipinski definition) is 3. The second-order valence-corrected chi connectivity index (χ2v) is 1.90. The highest BCUT2D eigenvalue weighted by Crippen LogP contribution is 1.79. The van der Waals surface area contributed by atoms with E-state index in [-0.39, 0.29) is 0 Å². The molecule has 4 N–H and O–H groups in total. The second kappa shape index (κ2) is 4.51. The molecule has 0 bridgehead atoms. The number of carbonyl (C=O) groups is 2. The standard InChI is InChI=1S/C5H11N3O3/c1-3(7-5(6)10)4(9)8-11-2/h3H,1-2H3,(H,8,9)(H3,6,7,10)/t3-/m0/s1. The molecule has 0 aliphatic carbocycles. The maximum absolute atomic E-state index is 10.8. The Kier molecular flexibility index (Phi) is 3.97. The van der Waals surface area contributed by atoms with Crippen LogP contribution >= 0.6 is 0 Å². The summed E-state index contributed by atoms with van der Waals surface area (Å²) in [7, 11) is 1.30. The average molecular weight is 161 g/mol. The van der Waals surface area contributed by atoms with E-state index in [9.17, 15) is 9.59 Å². The first-order valence-electron chi connectivity index (χ1n) is 2.96. The van der Waals surface area contributed by atoms with Crippen LogP contribution in [0.15, 0.2) is 0 Å². The van der Waals surface area contributed by atoms with Gasteiger partial charge in [-0.2, -0.15) is 0 Å². The van der Waals surface area contributed by atoms with Crippen LogP contribution in [0.1, 0.15) is 6.92 Å². The third kappa shape index (κ3) is 4.15. The van der Waals surface area contributed by atoms with Crippen LogP contribution in [0.4, 0.5) is 4.79 Å². The second-order valence-electron chi connectivity index (χ2n) is 1.90. The van der Waals surface area contributed by atoms with Gasteiger partial charge in [-0.15, -0.1) is 0 Å².